The molecular weight excluding hydrogens is 256 g/mol. The Morgan fingerprint density at radius 1 is 1.26 bits per heavy atom. The highest BCUT2D eigenvalue weighted by Gasteiger charge is 2.39. The van der Waals surface area contributed by atoms with Crippen molar-refractivity contribution < 1.29 is 4.79 Å². The van der Waals surface area contributed by atoms with Gasteiger partial charge in [0.2, 0.25) is 0 Å². The Morgan fingerprint density at radius 2 is 2.00 bits per heavy atom. The van der Waals surface area contributed by atoms with Crippen LogP contribution in [0.5, 0.6) is 0 Å². The molecule has 0 radical (unpaired) electrons. The van der Waals surface area contributed by atoms with Crippen molar-refractivity contribution >= 4 is 17.2 Å². The normalized spacial score (nSPS) is 28.2. The van der Waals surface area contributed by atoms with Gasteiger partial charge in [0.1, 0.15) is 0 Å². The Kier molecular flexibility index (Phi) is 3.63. The van der Waals surface area contributed by atoms with Gasteiger partial charge in [-0.1, -0.05) is 0 Å². The van der Waals surface area contributed by atoms with Gasteiger partial charge < -0.3 is 9.80 Å². The fourth-order valence-corrected chi connectivity index (χ4v) is 4.47. The summed E-state index contributed by atoms with van der Waals surface area (Å²) < 4.78 is 0. The number of carbonyl (C=O) groups is 1. The first-order valence-electron chi connectivity index (χ1n) is 7.24. The second-order valence-electron chi connectivity index (χ2n) is 5.83. The van der Waals surface area contributed by atoms with Gasteiger partial charge >= 0.3 is 0 Å². The molecule has 0 N–H and O–H groups in total. The average Bonchev–Trinajstić information content (AvgIpc) is 3.07. The summed E-state index contributed by atoms with van der Waals surface area (Å²) in [6.45, 7) is 4.16. The van der Waals surface area contributed by atoms with E-state index in [0.29, 0.717) is 12.1 Å². The van der Waals surface area contributed by atoms with Crippen LogP contribution in [0.2, 0.25) is 0 Å². The van der Waals surface area contributed by atoms with Crippen LogP contribution >= 0.6 is 11.3 Å². The SMILES string of the molecule is Cc1ccsc1C(=O)N1CCC[C@@H]1[C@H]1CCCN1C. The van der Waals surface area contributed by atoms with Gasteiger partial charge in [0.25, 0.3) is 5.91 Å². The van der Waals surface area contributed by atoms with Crippen LogP contribution in [0, 0.1) is 6.92 Å². The number of carbonyl (C=O) groups excluding carboxylic acids is 1. The van der Waals surface area contributed by atoms with E-state index in [1.54, 1.807) is 11.3 Å². The van der Waals surface area contributed by atoms with Crippen LogP contribution < -0.4 is 0 Å². The standard InChI is InChI=1S/C15H22N2OS/c1-11-7-10-19-14(11)15(18)17-9-4-6-13(17)12-5-3-8-16(12)2/h7,10,12-13H,3-6,8-9H2,1-2H3/t12-,13-/m1/s1. The lowest BCUT2D eigenvalue weighted by atomic mass is 10.0. The minimum atomic E-state index is 0.260. The maximum atomic E-state index is 12.7. The molecule has 2 saturated heterocycles. The maximum absolute atomic E-state index is 12.7. The molecule has 0 unspecified atom stereocenters. The van der Waals surface area contributed by atoms with Gasteiger partial charge in [0.05, 0.1) is 4.88 Å². The van der Waals surface area contributed by atoms with Crippen LogP contribution in [-0.4, -0.2) is 47.9 Å². The molecule has 1 amide bonds. The predicted octanol–water partition coefficient (Wildman–Crippen LogP) is 2.76. The van der Waals surface area contributed by atoms with Gasteiger partial charge in [-0.25, -0.2) is 0 Å². The predicted molar refractivity (Wildman–Crippen MR) is 78.8 cm³/mol. The van der Waals surface area contributed by atoms with Gasteiger partial charge in [0.15, 0.2) is 0 Å². The Hall–Kier alpha value is -0.870. The highest BCUT2D eigenvalue weighted by molar-refractivity contribution is 7.12. The molecule has 0 aromatic carbocycles. The van der Waals surface area contributed by atoms with E-state index < -0.39 is 0 Å². The summed E-state index contributed by atoms with van der Waals surface area (Å²) in [5.41, 5.74) is 1.13. The zero-order chi connectivity index (χ0) is 13.4. The molecule has 0 spiro atoms. The summed E-state index contributed by atoms with van der Waals surface area (Å²) in [7, 11) is 2.20. The molecule has 3 nitrogen and oxygen atoms in total. The van der Waals surface area contributed by atoms with Crippen molar-refractivity contribution in [3.63, 3.8) is 0 Å². The van der Waals surface area contributed by atoms with E-state index in [1.807, 2.05) is 18.4 Å². The van der Waals surface area contributed by atoms with E-state index in [1.165, 1.54) is 25.8 Å². The van der Waals surface area contributed by atoms with Gasteiger partial charge in [-0.15, -0.1) is 11.3 Å². The molecule has 3 rings (SSSR count). The van der Waals surface area contributed by atoms with E-state index >= 15 is 0 Å². The van der Waals surface area contributed by atoms with Crippen LogP contribution in [0.3, 0.4) is 0 Å². The molecule has 0 bridgehead atoms. The Labute approximate surface area is 119 Å². The molecule has 4 heteroatoms. The number of amides is 1. The van der Waals surface area contributed by atoms with Crippen molar-refractivity contribution in [2.24, 2.45) is 0 Å². The summed E-state index contributed by atoms with van der Waals surface area (Å²) in [6.07, 6.45) is 4.85. The second kappa shape index (κ2) is 5.25. The van der Waals surface area contributed by atoms with Crippen molar-refractivity contribution in [3.05, 3.63) is 21.9 Å². The molecule has 2 fully saturated rings. The molecule has 1 aromatic rings. The van der Waals surface area contributed by atoms with Crippen LogP contribution in [0.1, 0.15) is 40.9 Å². The zero-order valence-corrected chi connectivity index (χ0v) is 12.6. The van der Waals surface area contributed by atoms with E-state index in [-0.39, 0.29) is 5.91 Å². The number of hydrogen-bond acceptors (Lipinski definition) is 3. The van der Waals surface area contributed by atoms with Crippen molar-refractivity contribution in [1.29, 1.82) is 0 Å². The highest BCUT2D eigenvalue weighted by atomic mass is 32.1. The fraction of sp³-hybridized carbons (Fsp3) is 0.667. The lowest BCUT2D eigenvalue weighted by Crippen LogP contribution is -2.47. The first-order valence-corrected chi connectivity index (χ1v) is 8.12. The number of nitrogens with zero attached hydrogens (tertiary/aromatic N) is 2. The third kappa shape index (κ3) is 2.32. The van der Waals surface area contributed by atoms with Gasteiger partial charge in [0, 0.05) is 18.6 Å². The van der Waals surface area contributed by atoms with Crippen LogP contribution in [-0.2, 0) is 0 Å². The van der Waals surface area contributed by atoms with Crippen molar-refractivity contribution in [1.82, 2.24) is 9.80 Å². The minimum absolute atomic E-state index is 0.260. The topological polar surface area (TPSA) is 23.6 Å². The minimum Gasteiger partial charge on any atom is -0.333 e. The molecule has 2 aliphatic heterocycles. The smallest absolute Gasteiger partial charge is 0.264 e. The summed E-state index contributed by atoms with van der Waals surface area (Å²) in [5.74, 6) is 0.260. The lowest BCUT2D eigenvalue weighted by molar-refractivity contribution is 0.0668. The number of hydrogen-bond donors (Lipinski definition) is 0. The quantitative estimate of drug-likeness (QED) is 0.830. The largest absolute Gasteiger partial charge is 0.333 e. The third-order valence-corrected chi connectivity index (χ3v) is 5.64. The number of thiophene rings is 1. The maximum Gasteiger partial charge on any atom is 0.264 e. The molecule has 0 aliphatic carbocycles. The van der Waals surface area contributed by atoms with E-state index in [9.17, 15) is 4.79 Å². The Bertz CT molecular complexity index is 470. The van der Waals surface area contributed by atoms with Crippen molar-refractivity contribution in [2.75, 3.05) is 20.1 Å². The summed E-state index contributed by atoms with van der Waals surface area (Å²) in [6, 6.07) is 3.05. The molecule has 104 valence electrons. The summed E-state index contributed by atoms with van der Waals surface area (Å²) in [4.78, 5) is 18.2. The van der Waals surface area contributed by atoms with Gasteiger partial charge in [-0.2, -0.15) is 0 Å². The summed E-state index contributed by atoms with van der Waals surface area (Å²) >= 11 is 1.59. The third-order valence-electron chi connectivity index (χ3n) is 4.64. The first kappa shape index (κ1) is 13.1. The van der Waals surface area contributed by atoms with E-state index in [2.05, 4.69) is 16.8 Å². The zero-order valence-electron chi connectivity index (χ0n) is 11.8. The molecule has 1 aromatic heterocycles. The molecule has 2 aliphatic rings. The molecule has 2 atom stereocenters. The number of rotatable bonds is 2. The highest BCUT2D eigenvalue weighted by Crippen LogP contribution is 2.31. The molecule has 3 heterocycles. The second-order valence-corrected chi connectivity index (χ2v) is 6.75. The molecule has 0 saturated carbocycles. The first-order chi connectivity index (χ1) is 9.18. The lowest BCUT2D eigenvalue weighted by Gasteiger charge is -2.33. The average molecular weight is 278 g/mol. The monoisotopic (exact) mass is 278 g/mol. The Balaban J connectivity index is 1.80. The van der Waals surface area contributed by atoms with Gasteiger partial charge in [-0.3, -0.25) is 4.79 Å². The van der Waals surface area contributed by atoms with E-state index in [4.69, 9.17) is 0 Å². The van der Waals surface area contributed by atoms with Crippen molar-refractivity contribution in [3.8, 4) is 0 Å². The number of likely N-dealkylation sites (tertiary alicyclic amines) is 2. The van der Waals surface area contributed by atoms with Crippen LogP contribution in [0.25, 0.3) is 0 Å². The summed E-state index contributed by atoms with van der Waals surface area (Å²) in [5, 5.41) is 2.02. The molecule has 19 heavy (non-hydrogen) atoms. The van der Waals surface area contributed by atoms with Gasteiger partial charge in [-0.05, 0) is 63.2 Å². The Morgan fingerprint density at radius 3 is 2.63 bits per heavy atom. The number of likely N-dealkylation sites (N-methyl/N-ethyl adjacent to an activating group) is 1. The number of aryl methyl sites for hydroxylation is 1. The molecular formula is C15H22N2OS. The van der Waals surface area contributed by atoms with E-state index in [0.717, 1.165) is 23.4 Å². The van der Waals surface area contributed by atoms with Crippen LogP contribution in [0.15, 0.2) is 11.4 Å². The fourth-order valence-electron chi connectivity index (χ4n) is 3.59. The van der Waals surface area contributed by atoms with Crippen LogP contribution in [0.4, 0.5) is 0 Å². The van der Waals surface area contributed by atoms with Crippen molar-refractivity contribution in [2.45, 2.75) is 44.7 Å².